The standard InChI is InChI=1S/C11H17NO/c1-4-8-6-7-10(13-3)9(5-2)11(8)12/h6-7H,4-5,12H2,1-3H3. The highest BCUT2D eigenvalue weighted by Crippen LogP contribution is 2.28. The van der Waals surface area contributed by atoms with Crippen molar-refractivity contribution in [2.24, 2.45) is 0 Å². The molecule has 2 nitrogen and oxygen atoms in total. The third kappa shape index (κ3) is 1.77. The van der Waals surface area contributed by atoms with E-state index in [0.29, 0.717) is 0 Å². The molecule has 0 aliphatic heterocycles. The van der Waals surface area contributed by atoms with Gasteiger partial charge < -0.3 is 10.5 Å². The van der Waals surface area contributed by atoms with Gasteiger partial charge >= 0.3 is 0 Å². The maximum absolute atomic E-state index is 6.00. The van der Waals surface area contributed by atoms with Gasteiger partial charge in [0.15, 0.2) is 0 Å². The predicted molar refractivity (Wildman–Crippen MR) is 56.2 cm³/mol. The maximum atomic E-state index is 6.00. The van der Waals surface area contributed by atoms with Gasteiger partial charge in [-0.1, -0.05) is 19.9 Å². The molecule has 1 rings (SSSR count). The highest BCUT2D eigenvalue weighted by Gasteiger charge is 2.07. The van der Waals surface area contributed by atoms with Gasteiger partial charge in [-0.05, 0) is 24.5 Å². The van der Waals surface area contributed by atoms with Gasteiger partial charge in [-0.2, -0.15) is 0 Å². The molecule has 2 N–H and O–H groups in total. The molecule has 0 unspecified atom stereocenters. The van der Waals surface area contributed by atoms with Gasteiger partial charge in [0.05, 0.1) is 7.11 Å². The third-order valence-electron chi connectivity index (χ3n) is 2.36. The van der Waals surface area contributed by atoms with Crippen LogP contribution in [0.15, 0.2) is 12.1 Å². The minimum absolute atomic E-state index is 0.893. The van der Waals surface area contributed by atoms with Crippen LogP contribution >= 0.6 is 0 Å². The molecule has 0 aromatic heterocycles. The number of ether oxygens (including phenoxy) is 1. The lowest BCUT2D eigenvalue weighted by Gasteiger charge is -2.12. The van der Waals surface area contributed by atoms with E-state index < -0.39 is 0 Å². The molecule has 0 fully saturated rings. The second kappa shape index (κ2) is 4.17. The van der Waals surface area contributed by atoms with E-state index >= 15 is 0 Å². The SMILES string of the molecule is CCc1ccc(OC)c(CC)c1N. The first-order valence-corrected chi connectivity index (χ1v) is 4.68. The topological polar surface area (TPSA) is 35.2 Å². The zero-order valence-corrected chi connectivity index (χ0v) is 8.55. The normalized spacial score (nSPS) is 10.1. The fourth-order valence-corrected chi connectivity index (χ4v) is 1.56. The molecule has 0 bridgehead atoms. The average molecular weight is 179 g/mol. The van der Waals surface area contributed by atoms with Crippen LogP contribution in [0.3, 0.4) is 0 Å². The molecule has 0 saturated heterocycles. The zero-order chi connectivity index (χ0) is 9.84. The number of hydrogen-bond acceptors (Lipinski definition) is 2. The van der Waals surface area contributed by atoms with Gasteiger partial charge in [0.1, 0.15) is 5.75 Å². The molecule has 13 heavy (non-hydrogen) atoms. The Morgan fingerprint density at radius 1 is 1.23 bits per heavy atom. The molecule has 0 spiro atoms. The summed E-state index contributed by atoms with van der Waals surface area (Å²) in [5.41, 5.74) is 9.23. The van der Waals surface area contributed by atoms with Crippen molar-refractivity contribution in [2.75, 3.05) is 12.8 Å². The summed E-state index contributed by atoms with van der Waals surface area (Å²) in [5.74, 6) is 0.900. The minimum atomic E-state index is 0.893. The van der Waals surface area contributed by atoms with Crippen molar-refractivity contribution in [1.29, 1.82) is 0 Å². The molecule has 0 aliphatic rings. The fourth-order valence-electron chi connectivity index (χ4n) is 1.56. The molecule has 0 heterocycles. The second-order valence-electron chi connectivity index (χ2n) is 3.03. The summed E-state index contributed by atoms with van der Waals surface area (Å²) < 4.78 is 5.24. The predicted octanol–water partition coefficient (Wildman–Crippen LogP) is 2.40. The smallest absolute Gasteiger partial charge is 0.124 e. The number of nitrogens with two attached hydrogens (primary N) is 1. The number of benzene rings is 1. The van der Waals surface area contributed by atoms with E-state index in [4.69, 9.17) is 10.5 Å². The van der Waals surface area contributed by atoms with Crippen LogP contribution in [0.1, 0.15) is 25.0 Å². The summed E-state index contributed by atoms with van der Waals surface area (Å²) in [6.45, 7) is 4.20. The van der Waals surface area contributed by atoms with E-state index in [0.717, 1.165) is 29.8 Å². The Labute approximate surface area is 79.7 Å². The van der Waals surface area contributed by atoms with Crippen LogP contribution in [-0.4, -0.2) is 7.11 Å². The van der Waals surface area contributed by atoms with Gasteiger partial charge in [-0.25, -0.2) is 0 Å². The molecular formula is C11H17NO. The van der Waals surface area contributed by atoms with E-state index in [1.165, 1.54) is 5.56 Å². The van der Waals surface area contributed by atoms with Crippen molar-refractivity contribution in [1.82, 2.24) is 0 Å². The first-order valence-electron chi connectivity index (χ1n) is 4.68. The van der Waals surface area contributed by atoms with E-state index in [1.54, 1.807) is 7.11 Å². The summed E-state index contributed by atoms with van der Waals surface area (Å²) in [6, 6.07) is 4.03. The Morgan fingerprint density at radius 2 is 1.92 bits per heavy atom. The van der Waals surface area contributed by atoms with Crippen LogP contribution in [0, 0.1) is 0 Å². The molecule has 72 valence electrons. The van der Waals surface area contributed by atoms with Crippen LogP contribution in [-0.2, 0) is 12.8 Å². The van der Waals surface area contributed by atoms with Crippen LogP contribution in [0.2, 0.25) is 0 Å². The number of anilines is 1. The Balaban J connectivity index is 3.23. The lowest BCUT2D eigenvalue weighted by Crippen LogP contribution is -2.01. The summed E-state index contributed by atoms with van der Waals surface area (Å²) in [4.78, 5) is 0. The van der Waals surface area contributed by atoms with E-state index in [-0.39, 0.29) is 0 Å². The van der Waals surface area contributed by atoms with Gasteiger partial charge in [0.2, 0.25) is 0 Å². The van der Waals surface area contributed by atoms with Crippen LogP contribution in [0.25, 0.3) is 0 Å². The molecule has 1 aromatic carbocycles. The first-order chi connectivity index (χ1) is 6.24. The molecule has 0 saturated carbocycles. The lowest BCUT2D eigenvalue weighted by molar-refractivity contribution is 0.410. The number of nitrogen functional groups attached to an aromatic ring is 1. The minimum Gasteiger partial charge on any atom is -0.496 e. The summed E-state index contributed by atoms with van der Waals surface area (Å²) in [5, 5.41) is 0. The fraction of sp³-hybridized carbons (Fsp3) is 0.455. The molecule has 1 aromatic rings. The monoisotopic (exact) mass is 179 g/mol. The van der Waals surface area contributed by atoms with Crippen LogP contribution in [0.4, 0.5) is 5.69 Å². The average Bonchev–Trinajstić information content (AvgIpc) is 2.17. The maximum Gasteiger partial charge on any atom is 0.124 e. The van der Waals surface area contributed by atoms with Crippen LogP contribution in [0.5, 0.6) is 5.75 Å². The number of aryl methyl sites for hydroxylation is 1. The van der Waals surface area contributed by atoms with Crippen molar-refractivity contribution < 1.29 is 4.74 Å². The Morgan fingerprint density at radius 3 is 2.38 bits per heavy atom. The summed E-state index contributed by atoms with van der Waals surface area (Å²) in [7, 11) is 1.68. The molecule has 0 atom stereocenters. The molecule has 0 radical (unpaired) electrons. The van der Waals surface area contributed by atoms with E-state index in [9.17, 15) is 0 Å². The van der Waals surface area contributed by atoms with Crippen molar-refractivity contribution >= 4 is 5.69 Å². The summed E-state index contributed by atoms with van der Waals surface area (Å²) >= 11 is 0. The van der Waals surface area contributed by atoms with Crippen molar-refractivity contribution in [3.05, 3.63) is 23.3 Å². The van der Waals surface area contributed by atoms with E-state index in [1.807, 2.05) is 12.1 Å². The first kappa shape index (κ1) is 9.90. The quantitative estimate of drug-likeness (QED) is 0.723. The van der Waals surface area contributed by atoms with Crippen molar-refractivity contribution in [3.8, 4) is 5.75 Å². The second-order valence-corrected chi connectivity index (χ2v) is 3.03. The molecular weight excluding hydrogens is 162 g/mol. The Bertz CT molecular complexity index is 294. The summed E-state index contributed by atoms with van der Waals surface area (Å²) in [6.07, 6.45) is 1.89. The van der Waals surface area contributed by atoms with Crippen LogP contribution < -0.4 is 10.5 Å². The molecule has 0 amide bonds. The largest absolute Gasteiger partial charge is 0.496 e. The highest BCUT2D eigenvalue weighted by molar-refractivity contribution is 5.59. The highest BCUT2D eigenvalue weighted by atomic mass is 16.5. The third-order valence-corrected chi connectivity index (χ3v) is 2.36. The van der Waals surface area contributed by atoms with Gasteiger partial charge in [0.25, 0.3) is 0 Å². The zero-order valence-electron chi connectivity index (χ0n) is 8.55. The number of hydrogen-bond donors (Lipinski definition) is 1. The van der Waals surface area contributed by atoms with Gasteiger partial charge in [-0.3, -0.25) is 0 Å². The Hall–Kier alpha value is -1.18. The Kier molecular flexibility index (Phi) is 3.18. The molecule has 0 aliphatic carbocycles. The number of rotatable bonds is 3. The van der Waals surface area contributed by atoms with Gasteiger partial charge in [-0.15, -0.1) is 0 Å². The van der Waals surface area contributed by atoms with Gasteiger partial charge in [0, 0.05) is 11.3 Å². The number of methoxy groups -OCH3 is 1. The van der Waals surface area contributed by atoms with Crippen molar-refractivity contribution in [3.63, 3.8) is 0 Å². The van der Waals surface area contributed by atoms with Crippen molar-refractivity contribution in [2.45, 2.75) is 26.7 Å². The molecule has 2 heteroatoms. The van der Waals surface area contributed by atoms with E-state index in [2.05, 4.69) is 13.8 Å². The lowest BCUT2D eigenvalue weighted by atomic mass is 10.0.